The fourth-order valence-corrected chi connectivity index (χ4v) is 1.43. The van der Waals surface area contributed by atoms with E-state index in [2.05, 4.69) is 15.8 Å². The second kappa shape index (κ2) is 5.88. The minimum Gasteiger partial charge on any atom is -0.463 e. The summed E-state index contributed by atoms with van der Waals surface area (Å²) in [5.41, 5.74) is 2.90. The average molecular weight is 264 g/mol. The van der Waals surface area contributed by atoms with Crippen LogP contribution in [-0.4, -0.2) is 12.2 Å². The summed E-state index contributed by atoms with van der Waals surface area (Å²) in [6.07, 6.45) is 2.92. The van der Waals surface area contributed by atoms with Gasteiger partial charge in [-0.05, 0) is 30.3 Å². The first-order valence-corrected chi connectivity index (χ1v) is 5.51. The zero-order valence-electron chi connectivity index (χ0n) is 9.26. The van der Waals surface area contributed by atoms with Gasteiger partial charge in [-0.15, -0.1) is 0 Å². The summed E-state index contributed by atoms with van der Waals surface area (Å²) >= 11 is 5.79. The fourth-order valence-electron chi connectivity index (χ4n) is 1.24. The van der Waals surface area contributed by atoms with E-state index in [1.165, 1.54) is 12.5 Å². The fraction of sp³-hybridized carbons (Fsp3) is 0. The Hall–Kier alpha value is -2.27. The summed E-state index contributed by atoms with van der Waals surface area (Å²) in [6, 6.07) is 9.82. The Morgan fingerprint density at radius 2 is 2.22 bits per heavy atom. The van der Waals surface area contributed by atoms with E-state index in [1.807, 2.05) is 0 Å². The van der Waals surface area contributed by atoms with Crippen molar-refractivity contribution in [3.8, 4) is 0 Å². The number of hydrogen-bond acceptors (Lipinski definition) is 3. The molecule has 0 unspecified atom stereocenters. The Kier molecular flexibility index (Phi) is 3.98. The molecule has 5 nitrogen and oxygen atoms in total. The Morgan fingerprint density at radius 1 is 1.33 bits per heavy atom. The summed E-state index contributed by atoms with van der Waals surface area (Å²) < 4.78 is 5.01. The van der Waals surface area contributed by atoms with Crippen molar-refractivity contribution in [2.75, 3.05) is 5.32 Å². The van der Waals surface area contributed by atoms with E-state index in [1.54, 1.807) is 36.4 Å². The zero-order valence-corrected chi connectivity index (χ0v) is 10.0. The van der Waals surface area contributed by atoms with Gasteiger partial charge < -0.3 is 9.73 Å². The minimum atomic E-state index is -0.458. The second-order valence-electron chi connectivity index (χ2n) is 3.35. The monoisotopic (exact) mass is 263 g/mol. The number of nitrogens with one attached hydrogen (secondary N) is 2. The van der Waals surface area contributed by atoms with Crippen molar-refractivity contribution < 1.29 is 9.21 Å². The first-order chi connectivity index (χ1) is 8.74. The Balaban J connectivity index is 1.86. The lowest BCUT2D eigenvalue weighted by molar-refractivity contribution is 0.252. The van der Waals surface area contributed by atoms with Gasteiger partial charge in [-0.1, -0.05) is 17.7 Å². The maximum Gasteiger partial charge on any atom is 0.339 e. The Morgan fingerprint density at radius 3 is 2.94 bits per heavy atom. The summed E-state index contributed by atoms with van der Waals surface area (Å²) in [6.45, 7) is 0. The molecule has 0 aliphatic heterocycles. The van der Waals surface area contributed by atoms with Crippen LogP contribution >= 0.6 is 11.6 Å². The average Bonchev–Trinajstić information content (AvgIpc) is 2.82. The molecule has 1 aromatic heterocycles. The lowest BCUT2D eigenvalue weighted by Gasteiger charge is -2.03. The molecular weight excluding hydrogens is 254 g/mol. The molecule has 0 saturated carbocycles. The first-order valence-electron chi connectivity index (χ1n) is 5.13. The molecule has 0 spiro atoms. The van der Waals surface area contributed by atoms with Crippen molar-refractivity contribution in [1.82, 2.24) is 5.43 Å². The van der Waals surface area contributed by atoms with Crippen LogP contribution < -0.4 is 10.7 Å². The number of rotatable bonds is 3. The Labute approximate surface area is 108 Å². The molecule has 0 bridgehead atoms. The molecule has 0 radical (unpaired) electrons. The maximum atomic E-state index is 11.4. The van der Waals surface area contributed by atoms with Crippen LogP contribution in [0.3, 0.4) is 0 Å². The van der Waals surface area contributed by atoms with E-state index in [0.29, 0.717) is 16.5 Å². The molecule has 0 aliphatic carbocycles. The molecule has 18 heavy (non-hydrogen) atoms. The van der Waals surface area contributed by atoms with E-state index in [-0.39, 0.29) is 0 Å². The lowest BCUT2D eigenvalue weighted by Crippen LogP contribution is -2.24. The van der Waals surface area contributed by atoms with Crippen molar-refractivity contribution in [2.24, 2.45) is 5.10 Å². The van der Waals surface area contributed by atoms with Crippen molar-refractivity contribution in [2.45, 2.75) is 0 Å². The molecule has 2 rings (SSSR count). The van der Waals surface area contributed by atoms with Crippen molar-refractivity contribution >= 4 is 29.5 Å². The molecule has 0 atom stereocenters. The highest BCUT2D eigenvalue weighted by molar-refractivity contribution is 6.30. The topological polar surface area (TPSA) is 66.6 Å². The number of carbonyl (C=O) groups excluding carboxylic acids is 1. The van der Waals surface area contributed by atoms with Crippen LogP contribution in [0.4, 0.5) is 10.5 Å². The van der Waals surface area contributed by atoms with Gasteiger partial charge in [-0.25, -0.2) is 10.2 Å². The van der Waals surface area contributed by atoms with Crippen LogP contribution in [0.25, 0.3) is 0 Å². The highest BCUT2D eigenvalue weighted by atomic mass is 35.5. The quantitative estimate of drug-likeness (QED) is 0.660. The normalized spacial score (nSPS) is 10.5. The third-order valence-corrected chi connectivity index (χ3v) is 2.22. The van der Waals surface area contributed by atoms with Gasteiger partial charge >= 0.3 is 6.03 Å². The predicted octanol–water partition coefficient (Wildman–Crippen LogP) is 3.09. The molecule has 0 saturated heterocycles. The number of carbonyl (C=O) groups is 1. The molecule has 1 aromatic carbocycles. The highest BCUT2D eigenvalue weighted by Crippen LogP contribution is 2.14. The van der Waals surface area contributed by atoms with Crippen molar-refractivity contribution in [3.05, 3.63) is 53.4 Å². The summed E-state index contributed by atoms with van der Waals surface area (Å²) in [4.78, 5) is 11.4. The first kappa shape index (κ1) is 12.2. The molecule has 92 valence electrons. The molecule has 2 N–H and O–H groups in total. The molecule has 0 aliphatic rings. The van der Waals surface area contributed by atoms with Crippen LogP contribution in [0.2, 0.25) is 5.02 Å². The number of benzene rings is 1. The largest absolute Gasteiger partial charge is 0.463 e. The highest BCUT2D eigenvalue weighted by Gasteiger charge is 2.00. The SMILES string of the molecule is O=C(N/N=C/c1ccco1)Nc1cccc(Cl)c1. The van der Waals surface area contributed by atoms with Gasteiger partial charge in [-0.3, -0.25) is 0 Å². The van der Waals surface area contributed by atoms with Crippen LogP contribution in [0.5, 0.6) is 0 Å². The van der Waals surface area contributed by atoms with Crippen LogP contribution in [0, 0.1) is 0 Å². The van der Waals surface area contributed by atoms with Gasteiger partial charge in [0.15, 0.2) is 0 Å². The third-order valence-electron chi connectivity index (χ3n) is 1.98. The van der Waals surface area contributed by atoms with Crippen LogP contribution in [0.15, 0.2) is 52.2 Å². The summed E-state index contributed by atoms with van der Waals surface area (Å²) in [7, 11) is 0. The van der Waals surface area contributed by atoms with Crippen LogP contribution in [0.1, 0.15) is 5.76 Å². The Bertz CT molecular complexity index is 552. The number of anilines is 1. The number of amides is 2. The maximum absolute atomic E-state index is 11.4. The molecular formula is C12H10ClN3O2. The number of hydrazone groups is 1. The molecule has 1 heterocycles. The van der Waals surface area contributed by atoms with E-state index >= 15 is 0 Å². The summed E-state index contributed by atoms with van der Waals surface area (Å²) in [5, 5.41) is 6.85. The van der Waals surface area contributed by atoms with Gasteiger partial charge in [0.05, 0.1) is 12.5 Å². The van der Waals surface area contributed by atoms with Gasteiger partial charge in [0.2, 0.25) is 0 Å². The van der Waals surface area contributed by atoms with Crippen LogP contribution in [-0.2, 0) is 0 Å². The lowest BCUT2D eigenvalue weighted by atomic mass is 10.3. The standard InChI is InChI=1S/C12H10ClN3O2/c13-9-3-1-4-10(7-9)15-12(17)16-14-8-11-5-2-6-18-11/h1-8H,(H2,15,16,17)/b14-8+. The van der Waals surface area contributed by atoms with E-state index in [4.69, 9.17) is 16.0 Å². The number of furan rings is 1. The van der Waals surface area contributed by atoms with Gasteiger partial charge in [-0.2, -0.15) is 5.10 Å². The number of hydrogen-bond donors (Lipinski definition) is 2. The number of halogens is 1. The van der Waals surface area contributed by atoms with Gasteiger partial charge in [0, 0.05) is 10.7 Å². The molecule has 2 amide bonds. The predicted molar refractivity (Wildman–Crippen MR) is 69.9 cm³/mol. The molecule has 2 aromatic rings. The number of nitrogens with zero attached hydrogens (tertiary/aromatic N) is 1. The molecule has 0 fully saturated rings. The van der Waals surface area contributed by atoms with Crippen molar-refractivity contribution in [3.63, 3.8) is 0 Å². The summed E-state index contributed by atoms with van der Waals surface area (Å²) in [5.74, 6) is 0.554. The molecule has 6 heteroatoms. The van der Waals surface area contributed by atoms with E-state index < -0.39 is 6.03 Å². The van der Waals surface area contributed by atoms with E-state index in [0.717, 1.165) is 0 Å². The zero-order chi connectivity index (χ0) is 12.8. The van der Waals surface area contributed by atoms with Crippen molar-refractivity contribution in [1.29, 1.82) is 0 Å². The van der Waals surface area contributed by atoms with Gasteiger partial charge in [0.1, 0.15) is 5.76 Å². The number of urea groups is 1. The third kappa shape index (κ3) is 3.64. The minimum absolute atomic E-state index is 0.458. The second-order valence-corrected chi connectivity index (χ2v) is 3.79. The smallest absolute Gasteiger partial charge is 0.339 e. The van der Waals surface area contributed by atoms with E-state index in [9.17, 15) is 4.79 Å². The van der Waals surface area contributed by atoms with Gasteiger partial charge in [0.25, 0.3) is 0 Å².